The van der Waals surface area contributed by atoms with Crippen LogP contribution in [0.1, 0.15) is 4.88 Å². The fourth-order valence-electron chi connectivity index (χ4n) is 0.924. The van der Waals surface area contributed by atoms with Gasteiger partial charge in [0.15, 0.2) is 0 Å². The van der Waals surface area contributed by atoms with Gasteiger partial charge in [0.2, 0.25) is 0 Å². The lowest BCUT2D eigenvalue weighted by molar-refractivity contribution is 0.895. The highest BCUT2D eigenvalue weighted by molar-refractivity contribution is 7.17. The van der Waals surface area contributed by atoms with Crippen LogP contribution < -0.4 is 0 Å². The first-order chi connectivity index (χ1) is 6.34. The Bertz CT molecular complexity index is 403. The van der Waals surface area contributed by atoms with Crippen LogP contribution in [0, 0.1) is 0 Å². The molecule has 0 radical (unpaired) electrons. The number of aromatic nitrogens is 1. The van der Waals surface area contributed by atoms with Crippen molar-refractivity contribution in [1.29, 1.82) is 0 Å². The molecular formula is C9H7ClN2S. The first-order valence-electron chi connectivity index (χ1n) is 3.77. The third-order valence-electron chi connectivity index (χ3n) is 1.50. The smallest absolute Gasteiger partial charge is 0.0935 e. The molecule has 2 nitrogen and oxygen atoms in total. The van der Waals surface area contributed by atoms with Gasteiger partial charge in [-0.05, 0) is 24.3 Å². The molecule has 0 spiro atoms. The summed E-state index contributed by atoms with van der Waals surface area (Å²) in [5.74, 6) is 0. The number of hydrogen-bond donors (Lipinski definition) is 0. The van der Waals surface area contributed by atoms with Crippen LogP contribution in [-0.4, -0.2) is 10.9 Å². The highest BCUT2D eigenvalue weighted by Crippen LogP contribution is 2.19. The summed E-state index contributed by atoms with van der Waals surface area (Å²) in [6.07, 6.45) is 5.55. The minimum Gasteiger partial charge on any atom is -0.248 e. The van der Waals surface area contributed by atoms with Gasteiger partial charge in [0.25, 0.3) is 0 Å². The fraction of sp³-hybridized carbons (Fsp3) is 0. The van der Waals surface area contributed by atoms with E-state index in [1.165, 1.54) is 11.3 Å². The van der Waals surface area contributed by atoms with E-state index in [1.807, 2.05) is 36.7 Å². The lowest BCUT2D eigenvalue weighted by atomic mass is 10.5. The van der Waals surface area contributed by atoms with Crippen molar-refractivity contribution in [2.45, 2.75) is 0 Å². The molecule has 0 aliphatic carbocycles. The lowest BCUT2D eigenvalue weighted by Gasteiger charge is -1.88. The molecule has 0 fully saturated rings. The van der Waals surface area contributed by atoms with Gasteiger partial charge < -0.3 is 0 Å². The number of halogens is 1. The molecule has 2 heterocycles. The molecule has 0 aliphatic heterocycles. The number of thiophene rings is 1. The van der Waals surface area contributed by atoms with E-state index < -0.39 is 0 Å². The van der Waals surface area contributed by atoms with Crippen molar-refractivity contribution in [3.8, 4) is 0 Å². The predicted molar refractivity (Wildman–Crippen MR) is 56.8 cm³/mol. The third-order valence-corrected chi connectivity index (χ3v) is 2.67. The molecule has 0 atom stereocenters. The van der Waals surface area contributed by atoms with E-state index in [0.29, 0.717) is 0 Å². The van der Waals surface area contributed by atoms with Gasteiger partial charge in [-0.2, -0.15) is 5.10 Å². The van der Waals surface area contributed by atoms with Crippen molar-refractivity contribution in [2.24, 2.45) is 5.10 Å². The molecule has 0 unspecified atom stereocenters. The normalized spacial score (nSPS) is 11.2. The summed E-state index contributed by atoms with van der Waals surface area (Å²) >= 11 is 7.28. The molecule has 0 saturated heterocycles. The van der Waals surface area contributed by atoms with Crippen LogP contribution in [0.3, 0.4) is 0 Å². The largest absolute Gasteiger partial charge is 0.248 e. The Labute approximate surface area is 85.1 Å². The average molecular weight is 211 g/mol. The fourth-order valence-corrected chi connectivity index (χ4v) is 1.85. The van der Waals surface area contributed by atoms with Crippen LogP contribution in [0.4, 0.5) is 0 Å². The standard InChI is InChI=1S/C9H7ClN2S/c10-9-4-3-8(13-9)7-11-12-5-1-2-6-12/h1-7H/b11-7+. The Morgan fingerprint density at radius 2 is 2.08 bits per heavy atom. The summed E-state index contributed by atoms with van der Waals surface area (Å²) in [6.45, 7) is 0. The summed E-state index contributed by atoms with van der Waals surface area (Å²) in [7, 11) is 0. The van der Waals surface area contributed by atoms with Crippen molar-refractivity contribution >= 4 is 29.2 Å². The Kier molecular flexibility index (Phi) is 2.47. The van der Waals surface area contributed by atoms with Crippen LogP contribution in [0.2, 0.25) is 4.34 Å². The van der Waals surface area contributed by atoms with Gasteiger partial charge in [0.05, 0.1) is 10.6 Å². The van der Waals surface area contributed by atoms with Crippen molar-refractivity contribution in [2.75, 3.05) is 0 Å². The van der Waals surface area contributed by atoms with E-state index in [0.717, 1.165) is 9.21 Å². The maximum absolute atomic E-state index is 5.77. The van der Waals surface area contributed by atoms with Gasteiger partial charge in [0.1, 0.15) is 0 Å². The maximum Gasteiger partial charge on any atom is 0.0935 e. The second kappa shape index (κ2) is 3.77. The molecule has 0 N–H and O–H groups in total. The zero-order chi connectivity index (χ0) is 9.10. The van der Waals surface area contributed by atoms with E-state index in [-0.39, 0.29) is 0 Å². The zero-order valence-corrected chi connectivity index (χ0v) is 8.29. The number of hydrogen-bond acceptors (Lipinski definition) is 2. The minimum atomic E-state index is 0.786. The summed E-state index contributed by atoms with van der Waals surface area (Å²) in [4.78, 5) is 1.05. The molecule has 2 rings (SSSR count). The third kappa shape index (κ3) is 2.20. The highest BCUT2D eigenvalue weighted by atomic mass is 35.5. The molecule has 0 aromatic carbocycles. The summed E-state index contributed by atoms with van der Waals surface area (Å²) in [5.41, 5.74) is 0. The quantitative estimate of drug-likeness (QED) is 0.678. The van der Waals surface area contributed by atoms with E-state index in [4.69, 9.17) is 11.6 Å². The van der Waals surface area contributed by atoms with Gasteiger partial charge >= 0.3 is 0 Å². The monoisotopic (exact) mass is 210 g/mol. The van der Waals surface area contributed by atoms with E-state index >= 15 is 0 Å². The van der Waals surface area contributed by atoms with Crippen LogP contribution in [0.25, 0.3) is 0 Å². The van der Waals surface area contributed by atoms with E-state index in [1.54, 1.807) is 10.9 Å². The topological polar surface area (TPSA) is 17.3 Å². The first kappa shape index (κ1) is 8.53. The van der Waals surface area contributed by atoms with Crippen molar-refractivity contribution in [3.05, 3.63) is 45.9 Å². The molecule has 2 aromatic heterocycles. The number of nitrogens with zero attached hydrogens (tertiary/aromatic N) is 2. The van der Waals surface area contributed by atoms with Gasteiger partial charge in [0, 0.05) is 17.3 Å². The molecule has 0 saturated carbocycles. The Balaban J connectivity index is 2.14. The van der Waals surface area contributed by atoms with Gasteiger partial charge in [-0.15, -0.1) is 11.3 Å². The lowest BCUT2D eigenvalue weighted by Crippen LogP contribution is -1.82. The molecule has 0 aliphatic rings. The Hall–Kier alpha value is -1.06. The van der Waals surface area contributed by atoms with E-state index in [9.17, 15) is 0 Å². The predicted octanol–water partition coefficient (Wildman–Crippen LogP) is 3.09. The summed E-state index contributed by atoms with van der Waals surface area (Å²) in [5, 5.41) is 4.19. The van der Waals surface area contributed by atoms with Crippen LogP contribution in [-0.2, 0) is 0 Å². The molecule has 4 heteroatoms. The van der Waals surface area contributed by atoms with Crippen LogP contribution in [0.5, 0.6) is 0 Å². The summed E-state index contributed by atoms with van der Waals surface area (Å²) in [6, 6.07) is 7.67. The van der Waals surface area contributed by atoms with Crippen molar-refractivity contribution < 1.29 is 0 Å². The first-order valence-corrected chi connectivity index (χ1v) is 4.97. The molecule has 2 aromatic rings. The number of rotatable bonds is 2. The van der Waals surface area contributed by atoms with Crippen LogP contribution >= 0.6 is 22.9 Å². The Morgan fingerprint density at radius 3 is 2.69 bits per heavy atom. The minimum absolute atomic E-state index is 0.786. The molecular weight excluding hydrogens is 204 g/mol. The zero-order valence-electron chi connectivity index (χ0n) is 6.72. The van der Waals surface area contributed by atoms with Crippen molar-refractivity contribution in [3.63, 3.8) is 0 Å². The van der Waals surface area contributed by atoms with Crippen LogP contribution in [0.15, 0.2) is 41.8 Å². The molecule has 0 bridgehead atoms. The van der Waals surface area contributed by atoms with Gasteiger partial charge in [-0.3, -0.25) is 0 Å². The molecule has 66 valence electrons. The average Bonchev–Trinajstić information content (AvgIpc) is 2.71. The summed E-state index contributed by atoms with van der Waals surface area (Å²) < 4.78 is 2.53. The molecule has 13 heavy (non-hydrogen) atoms. The highest BCUT2D eigenvalue weighted by Gasteiger charge is 1.92. The Morgan fingerprint density at radius 1 is 1.31 bits per heavy atom. The maximum atomic E-state index is 5.77. The van der Waals surface area contributed by atoms with Gasteiger partial charge in [-0.25, -0.2) is 4.68 Å². The van der Waals surface area contributed by atoms with Crippen molar-refractivity contribution in [1.82, 2.24) is 4.68 Å². The molecule has 0 amide bonds. The second-order valence-electron chi connectivity index (χ2n) is 2.45. The SMILES string of the molecule is Clc1ccc(/C=N/n2cccc2)s1. The van der Waals surface area contributed by atoms with E-state index in [2.05, 4.69) is 5.10 Å². The second-order valence-corrected chi connectivity index (χ2v) is 4.20. The van der Waals surface area contributed by atoms with Gasteiger partial charge in [-0.1, -0.05) is 11.6 Å².